The molecule has 0 aromatic heterocycles. The number of hydrogen-bond donors (Lipinski definition) is 0. The molecular weight excluding hydrogens is 131 g/mol. The normalized spacial score (nSPS) is 1.71. The van der Waals surface area contributed by atoms with E-state index in [1.807, 2.05) is 0 Å². The molecule has 0 bridgehead atoms. The molecule has 0 saturated carbocycles. The largest absolute Gasteiger partial charge is 0.106 e. The fourth-order valence-electron chi connectivity index (χ4n) is 0. The SMILES string of the molecule is C=C.C=C.C=C.[Co]. The molecule has 0 amide bonds. The molecule has 0 aromatic carbocycles. The molecular formula is C6H12Co. The van der Waals surface area contributed by atoms with Crippen LogP contribution < -0.4 is 0 Å². The minimum Gasteiger partial charge on any atom is -0.106 e. The van der Waals surface area contributed by atoms with Crippen LogP contribution in [0.5, 0.6) is 0 Å². The fourth-order valence-corrected chi connectivity index (χ4v) is 0. The van der Waals surface area contributed by atoms with Gasteiger partial charge in [-0.15, -0.1) is 39.5 Å². The molecule has 0 aromatic rings. The van der Waals surface area contributed by atoms with Gasteiger partial charge in [-0.3, -0.25) is 0 Å². The molecule has 0 rings (SSSR count). The quantitative estimate of drug-likeness (QED) is 0.457. The van der Waals surface area contributed by atoms with Gasteiger partial charge in [0, 0.05) is 16.8 Å². The third kappa shape index (κ3) is 1060. The fraction of sp³-hybridized carbons (Fsp3) is 0. The Morgan fingerprint density at radius 1 is 0.429 bits per heavy atom. The van der Waals surface area contributed by atoms with Crippen molar-refractivity contribution in [1.29, 1.82) is 0 Å². The van der Waals surface area contributed by atoms with Gasteiger partial charge in [0.25, 0.3) is 0 Å². The van der Waals surface area contributed by atoms with Crippen molar-refractivity contribution in [2.45, 2.75) is 0 Å². The van der Waals surface area contributed by atoms with Gasteiger partial charge in [-0.05, 0) is 0 Å². The van der Waals surface area contributed by atoms with Crippen molar-refractivity contribution in [3.05, 3.63) is 39.5 Å². The molecule has 0 N–H and O–H groups in total. The van der Waals surface area contributed by atoms with Crippen LogP contribution in [-0.2, 0) is 16.8 Å². The van der Waals surface area contributed by atoms with Crippen LogP contribution in [0.4, 0.5) is 0 Å². The maximum Gasteiger partial charge on any atom is 0 e. The van der Waals surface area contributed by atoms with E-state index in [0.717, 1.165) is 0 Å². The van der Waals surface area contributed by atoms with Gasteiger partial charge in [0.15, 0.2) is 0 Å². The van der Waals surface area contributed by atoms with E-state index in [-0.39, 0.29) is 16.8 Å². The minimum absolute atomic E-state index is 0. The summed E-state index contributed by atoms with van der Waals surface area (Å²) >= 11 is 0. The average Bonchev–Trinajstić information content (AvgIpc) is 1.81. The Kier molecular flexibility index (Phi) is 7250. The second-order valence-electron chi connectivity index (χ2n) is 0. The molecule has 0 atom stereocenters. The Bertz CT molecular complexity index is 8.90. The van der Waals surface area contributed by atoms with Gasteiger partial charge in [0.2, 0.25) is 0 Å². The van der Waals surface area contributed by atoms with Crippen molar-refractivity contribution in [2.75, 3.05) is 0 Å². The number of hydrogen-bond acceptors (Lipinski definition) is 0. The topological polar surface area (TPSA) is 0 Å². The van der Waals surface area contributed by atoms with Crippen LogP contribution in [0.2, 0.25) is 0 Å². The summed E-state index contributed by atoms with van der Waals surface area (Å²) in [6.07, 6.45) is 0. The minimum atomic E-state index is 0. The Hall–Kier alpha value is -0.274. The summed E-state index contributed by atoms with van der Waals surface area (Å²) < 4.78 is 0. The van der Waals surface area contributed by atoms with E-state index in [1.165, 1.54) is 0 Å². The molecule has 45 valence electrons. The van der Waals surface area contributed by atoms with Crippen molar-refractivity contribution in [3.63, 3.8) is 0 Å². The first kappa shape index (κ1) is 29.7. The molecule has 0 fully saturated rings. The Morgan fingerprint density at radius 2 is 0.429 bits per heavy atom. The summed E-state index contributed by atoms with van der Waals surface area (Å²) in [5, 5.41) is 0. The smallest absolute Gasteiger partial charge is 0 e. The first-order valence-corrected chi connectivity index (χ1v) is 1.50. The van der Waals surface area contributed by atoms with Crippen LogP contribution in [0.1, 0.15) is 0 Å². The molecule has 7 heavy (non-hydrogen) atoms. The predicted molar refractivity (Wildman–Crippen MR) is 33.8 cm³/mol. The van der Waals surface area contributed by atoms with Gasteiger partial charge in [0.1, 0.15) is 0 Å². The van der Waals surface area contributed by atoms with Crippen molar-refractivity contribution in [1.82, 2.24) is 0 Å². The maximum atomic E-state index is 3.00. The summed E-state index contributed by atoms with van der Waals surface area (Å²) in [6, 6.07) is 0. The van der Waals surface area contributed by atoms with Crippen LogP contribution in [-0.4, -0.2) is 0 Å². The van der Waals surface area contributed by atoms with Crippen molar-refractivity contribution in [2.24, 2.45) is 0 Å². The van der Waals surface area contributed by atoms with Crippen LogP contribution in [0, 0.1) is 0 Å². The molecule has 1 heteroatoms. The molecule has 0 heterocycles. The third-order valence-corrected chi connectivity index (χ3v) is 0. The van der Waals surface area contributed by atoms with Gasteiger partial charge in [-0.2, -0.15) is 0 Å². The Labute approximate surface area is 56.8 Å². The van der Waals surface area contributed by atoms with E-state index in [1.54, 1.807) is 0 Å². The van der Waals surface area contributed by atoms with Crippen LogP contribution >= 0.6 is 0 Å². The zero-order chi connectivity index (χ0) is 6.00. The molecule has 0 nitrogen and oxygen atoms in total. The van der Waals surface area contributed by atoms with Crippen LogP contribution in [0.3, 0.4) is 0 Å². The Morgan fingerprint density at radius 3 is 0.429 bits per heavy atom. The van der Waals surface area contributed by atoms with E-state index in [4.69, 9.17) is 0 Å². The average molecular weight is 143 g/mol. The third-order valence-electron chi connectivity index (χ3n) is 0. The summed E-state index contributed by atoms with van der Waals surface area (Å²) in [6.45, 7) is 18.0. The van der Waals surface area contributed by atoms with E-state index in [9.17, 15) is 0 Å². The second-order valence-corrected chi connectivity index (χ2v) is 0. The summed E-state index contributed by atoms with van der Waals surface area (Å²) in [7, 11) is 0. The molecule has 0 saturated heterocycles. The molecule has 0 aliphatic carbocycles. The van der Waals surface area contributed by atoms with E-state index in [0.29, 0.717) is 0 Å². The van der Waals surface area contributed by atoms with Gasteiger partial charge < -0.3 is 0 Å². The Balaban J connectivity index is -0.00000000900. The van der Waals surface area contributed by atoms with Gasteiger partial charge >= 0.3 is 0 Å². The van der Waals surface area contributed by atoms with Crippen molar-refractivity contribution >= 4 is 0 Å². The van der Waals surface area contributed by atoms with E-state index in [2.05, 4.69) is 39.5 Å². The van der Waals surface area contributed by atoms with Crippen LogP contribution in [0.15, 0.2) is 39.5 Å². The monoisotopic (exact) mass is 143 g/mol. The second kappa shape index (κ2) is 1710. The first-order valence-electron chi connectivity index (χ1n) is 1.50. The summed E-state index contributed by atoms with van der Waals surface area (Å²) in [4.78, 5) is 0. The first-order chi connectivity index (χ1) is 3.00. The number of rotatable bonds is 0. The van der Waals surface area contributed by atoms with E-state index >= 15 is 0 Å². The summed E-state index contributed by atoms with van der Waals surface area (Å²) in [5.41, 5.74) is 0. The van der Waals surface area contributed by atoms with Crippen molar-refractivity contribution < 1.29 is 16.8 Å². The maximum absolute atomic E-state index is 3.00. The zero-order valence-corrected chi connectivity index (χ0v) is 5.62. The molecule has 0 spiro atoms. The van der Waals surface area contributed by atoms with Gasteiger partial charge in [-0.1, -0.05) is 0 Å². The molecule has 0 unspecified atom stereocenters. The zero-order valence-electron chi connectivity index (χ0n) is 4.58. The van der Waals surface area contributed by atoms with Crippen LogP contribution in [0.25, 0.3) is 0 Å². The van der Waals surface area contributed by atoms with Crippen molar-refractivity contribution in [3.8, 4) is 0 Å². The van der Waals surface area contributed by atoms with Gasteiger partial charge in [0.05, 0.1) is 0 Å². The standard InChI is InChI=1S/3C2H4.Co/c3*1-2;/h3*1-2H2;. The predicted octanol–water partition coefficient (Wildman–Crippen LogP) is 2.40. The molecule has 0 aliphatic rings. The van der Waals surface area contributed by atoms with E-state index < -0.39 is 0 Å². The molecule has 0 aliphatic heterocycles. The summed E-state index contributed by atoms with van der Waals surface area (Å²) in [5.74, 6) is 0. The molecule has 1 radical (unpaired) electrons. The van der Waals surface area contributed by atoms with Gasteiger partial charge in [-0.25, -0.2) is 0 Å².